The first-order valence-electron chi connectivity index (χ1n) is 10.9. The molecule has 1 heterocycles. The lowest BCUT2D eigenvalue weighted by Crippen LogP contribution is -2.19. The lowest BCUT2D eigenvalue weighted by molar-refractivity contribution is -0.115. The van der Waals surface area contributed by atoms with Gasteiger partial charge in [-0.05, 0) is 76.1 Å². The van der Waals surface area contributed by atoms with E-state index in [-0.39, 0.29) is 5.91 Å². The van der Waals surface area contributed by atoms with Crippen molar-refractivity contribution in [2.45, 2.75) is 6.61 Å². The van der Waals surface area contributed by atoms with E-state index in [0.29, 0.717) is 33.2 Å². The molecule has 0 radical (unpaired) electrons. The largest absolute Gasteiger partial charge is 0.493 e. The predicted octanol–water partition coefficient (Wildman–Crippen LogP) is 6.97. The van der Waals surface area contributed by atoms with E-state index >= 15 is 0 Å². The van der Waals surface area contributed by atoms with Gasteiger partial charge in [0, 0.05) is 5.02 Å². The molecule has 1 saturated heterocycles. The van der Waals surface area contributed by atoms with Gasteiger partial charge < -0.3 is 14.8 Å². The van der Waals surface area contributed by atoms with Crippen LogP contribution in [-0.4, -0.2) is 18.2 Å². The van der Waals surface area contributed by atoms with Crippen LogP contribution in [-0.2, 0) is 11.4 Å². The first kappa shape index (κ1) is 23.0. The van der Waals surface area contributed by atoms with E-state index in [2.05, 4.69) is 16.4 Å². The molecule has 1 amide bonds. The van der Waals surface area contributed by atoms with Crippen LogP contribution in [0.1, 0.15) is 11.1 Å². The molecule has 174 valence electrons. The summed E-state index contributed by atoms with van der Waals surface area (Å²) >= 11 is 7.25. The van der Waals surface area contributed by atoms with Crippen molar-refractivity contribution < 1.29 is 14.3 Å². The molecule has 5 nitrogen and oxygen atoms in total. The van der Waals surface area contributed by atoms with Gasteiger partial charge in [-0.1, -0.05) is 60.1 Å². The summed E-state index contributed by atoms with van der Waals surface area (Å²) in [5.74, 6) is 1.02. The van der Waals surface area contributed by atoms with Crippen LogP contribution in [0, 0.1) is 0 Å². The first-order chi connectivity index (χ1) is 17.1. The highest BCUT2D eigenvalue weighted by molar-refractivity contribution is 8.18. The zero-order valence-corrected chi connectivity index (χ0v) is 20.4. The summed E-state index contributed by atoms with van der Waals surface area (Å²) in [5, 5.41) is 6.32. The Morgan fingerprint density at radius 1 is 0.943 bits per heavy atom. The summed E-state index contributed by atoms with van der Waals surface area (Å²) in [4.78, 5) is 17.7. The molecule has 7 heteroatoms. The number of amides is 1. The second-order valence-electron chi connectivity index (χ2n) is 7.84. The van der Waals surface area contributed by atoms with Crippen LogP contribution in [0.15, 0.2) is 94.8 Å². The predicted molar refractivity (Wildman–Crippen MR) is 144 cm³/mol. The second-order valence-corrected chi connectivity index (χ2v) is 9.31. The monoisotopic (exact) mass is 500 g/mol. The summed E-state index contributed by atoms with van der Waals surface area (Å²) in [6, 6.07) is 27.1. The highest BCUT2D eigenvalue weighted by Gasteiger charge is 2.24. The Balaban J connectivity index is 1.31. The molecular weight excluding hydrogens is 480 g/mol. The Kier molecular flexibility index (Phi) is 6.75. The van der Waals surface area contributed by atoms with Gasteiger partial charge in [0.05, 0.1) is 17.7 Å². The lowest BCUT2D eigenvalue weighted by atomic mass is 10.1. The van der Waals surface area contributed by atoms with Crippen LogP contribution in [0.3, 0.4) is 0 Å². The molecule has 0 spiro atoms. The average molecular weight is 501 g/mol. The molecule has 5 rings (SSSR count). The molecule has 0 bridgehead atoms. The summed E-state index contributed by atoms with van der Waals surface area (Å²) < 4.78 is 11.4. The number of rotatable bonds is 6. The van der Waals surface area contributed by atoms with Gasteiger partial charge in [-0.15, -0.1) is 0 Å². The SMILES string of the molecule is COc1cc(C=C2SC(=Nc3ccc4ccccc4c3)NC2=O)ccc1OCc1ccc(Cl)cc1. The van der Waals surface area contributed by atoms with E-state index in [9.17, 15) is 4.79 Å². The molecule has 1 fully saturated rings. The summed E-state index contributed by atoms with van der Waals surface area (Å²) in [6.07, 6.45) is 1.81. The quantitative estimate of drug-likeness (QED) is 0.290. The van der Waals surface area contributed by atoms with Crippen molar-refractivity contribution in [3.63, 3.8) is 0 Å². The number of thioether (sulfide) groups is 1. The molecule has 0 saturated carbocycles. The van der Waals surface area contributed by atoms with Crippen LogP contribution in [0.25, 0.3) is 16.8 Å². The van der Waals surface area contributed by atoms with Gasteiger partial charge in [-0.2, -0.15) is 0 Å². The smallest absolute Gasteiger partial charge is 0.264 e. The molecule has 1 aliphatic rings. The van der Waals surface area contributed by atoms with Crippen LogP contribution >= 0.6 is 23.4 Å². The molecule has 0 unspecified atom stereocenters. The minimum absolute atomic E-state index is 0.184. The van der Waals surface area contributed by atoms with E-state index in [4.69, 9.17) is 21.1 Å². The standard InChI is InChI=1S/C28H21ClN2O3S/c1-33-25-14-19(8-13-24(25)34-17-18-6-10-22(29)11-7-18)15-26-27(32)31-28(35-26)30-23-12-9-20-4-2-3-5-21(20)16-23/h2-16H,17H2,1H3,(H,30,31,32). The number of hydrogen-bond acceptors (Lipinski definition) is 5. The molecule has 4 aromatic rings. The van der Waals surface area contributed by atoms with E-state index < -0.39 is 0 Å². The van der Waals surface area contributed by atoms with E-state index in [0.717, 1.165) is 27.6 Å². The Bertz CT molecular complexity index is 1470. The van der Waals surface area contributed by atoms with E-state index in [1.165, 1.54) is 11.8 Å². The number of nitrogens with one attached hydrogen (secondary N) is 1. The maximum atomic E-state index is 12.5. The topological polar surface area (TPSA) is 59.9 Å². The third-order valence-electron chi connectivity index (χ3n) is 5.41. The van der Waals surface area contributed by atoms with Crippen molar-refractivity contribution in [3.05, 3.63) is 106 Å². The Morgan fingerprint density at radius 2 is 1.74 bits per heavy atom. The average Bonchev–Trinajstić information content (AvgIpc) is 3.22. The number of carbonyl (C=O) groups is 1. The van der Waals surface area contributed by atoms with Crippen molar-refractivity contribution in [2.24, 2.45) is 4.99 Å². The highest BCUT2D eigenvalue weighted by Crippen LogP contribution is 2.33. The number of carbonyl (C=O) groups excluding carboxylic acids is 1. The molecule has 35 heavy (non-hydrogen) atoms. The number of ether oxygens (including phenoxy) is 2. The Hall–Kier alpha value is -3.74. The first-order valence-corrected chi connectivity index (χ1v) is 12.1. The van der Waals surface area contributed by atoms with Gasteiger partial charge in [-0.3, -0.25) is 4.79 Å². The van der Waals surface area contributed by atoms with Crippen molar-refractivity contribution >= 4 is 57.0 Å². The number of nitrogens with zero attached hydrogens (tertiary/aromatic N) is 1. The summed E-state index contributed by atoms with van der Waals surface area (Å²) in [6.45, 7) is 0.390. The zero-order chi connectivity index (χ0) is 24.2. The molecule has 1 N–H and O–H groups in total. The van der Waals surface area contributed by atoms with Crippen LogP contribution in [0.5, 0.6) is 11.5 Å². The fourth-order valence-corrected chi connectivity index (χ4v) is 4.60. The number of benzene rings is 4. The maximum absolute atomic E-state index is 12.5. The number of fused-ring (bicyclic) bond motifs is 1. The number of hydrogen-bond donors (Lipinski definition) is 1. The van der Waals surface area contributed by atoms with Crippen molar-refractivity contribution in [1.29, 1.82) is 0 Å². The molecule has 1 aliphatic heterocycles. The number of methoxy groups -OCH3 is 1. The second kappa shape index (κ2) is 10.3. The van der Waals surface area contributed by atoms with E-state index in [1.54, 1.807) is 7.11 Å². The molecule has 0 aliphatic carbocycles. The Morgan fingerprint density at radius 3 is 2.54 bits per heavy atom. The third kappa shape index (κ3) is 5.50. The Labute approximate surface area is 212 Å². The zero-order valence-electron chi connectivity index (χ0n) is 18.8. The van der Waals surface area contributed by atoms with Gasteiger partial charge in [0.25, 0.3) is 5.91 Å². The summed E-state index contributed by atoms with van der Waals surface area (Å²) in [5.41, 5.74) is 2.61. The molecule has 4 aromatic carbocycles. The summed E-state index contributed by atoms with van der Waals surface area (Å²) in [7, 11) is 1.59. The van der Waals surface area contributed by atoms with Crippen LogP contribution < -0.4 is 14.8 Å². The maximum Gasteiger partial charge on any atom is 0.264 e. The van der Waals surface area contributed by atoms with Crippen molar-refractivity contribution in [1.82, 2.24) is 5.32 Å². The molecule has 0 aromatic heterocycles. The van der Waals surface area contributed by atoms with Crippen LogP contribution in [0.4, 0.5) is 5.69 Å². The molecular formula is C28H21ClN2O3S. The number of aliphatic imine (C=N–C) groups is 1. The van der Waals surface area contributed by atoms with Gasteiger partial charge in [0.1, 0.15) is 6.61 Å². The van der Waals surface area contributed by atoms with Gasteiger partial charge >= 0.3 is 0 Å². The lowest BCUT2D eigenvalue weighted by Gasteiger charge is -2.11. The fourth-order valence-electron chi connectivity index (χ4n) is 3.63. The minimum Gasteiger partial charge on any atom is -0.493 e. The van der Waals surface area contributed by atoms with Crippen molar-refractivity contribution in [2.75, 3.05) is 7.11 Å². The van der Waals surface area contributed by atoms with Gasteiger partial charge in [-0.25, -0.2) is 4.99 Å². The van der Waals surface area contributed by atoms with Crippen molar-refractivity contribution in [3.8, 4) is 11.5 Å². The van der Waals surface area contributed by atoms with Crippen LogP contribution in [0.2, 0.25) is 5.02 Å². The minimum atomic E-state index is -0.184. The normalized spacial score (nSPS) is 15.5. The number of amidine groups is 1. The highest BCUT2D eigenvalue weighted by atomic mass is 35.5. The third-order valence-corrected chi connectivity index (χ3v) is 6.57. The fraction of sp³-hybridized carbons (Fsp3) is 0.0714. The van der Waals surface area contributed by atoms with Gasteiger partial charge in [0.2, 0.25) is 0 Å². The number of halogens is 1. The van der Waals surface area contributed by atoms with Gasteiger partial charge in [0.15, 0.2) is 16.7 Å². The molecule has 0 atom stereocenters. The van der Waals surface area contributed by atoms with E-state index in [1.807, 2.05) is 84.9 Å².